The zero-order valence-corrected chi connectivity index (χ0v) is 14.1. The van der Waals surface area contributed by atoms with Crippen molar-refractivity contribution in [1.82, 2.24) is 15.2 Å². The molecular formula is C13H23BrClN3O. The van der Waals surface area contributed by atoms with E-state index >= 15 is 0 Å². The van der Waals surface area contributed by atoms with E-state index in [1.807, 2.05) is 16.8 Å². The van der Waals surface area contributed by atoms with Crippen LogP contribution in [0.5, 0.6) is 0 Å². The van der Waals surface area contributed by atoms with Crippen LogP contribution in [0.4, 0.5) is 0 Å². The van der Waals surface area contributed by atoms with Gasteiger partial charge in [0.05, 0.1) is 0 Å². The van der Waals surface area contributed by atoms with Gasteiger partial charge in [0.15, 0.2) is 0 Å². The van der Waals surface area contributed by atoms with Crippen molar-refractivity contribution in [3.63, 3.8) is 0 Å². The van der Waals surface area contributed by atoms with Crippen LogP contribution in [0.15, 0.2) is 16.7 Å². The molecule has 0 aliphatic rings. The van der Waals surface area contributed by atoms with Crippen LogP contribution in [0.1, 0.15) is 43.7 Å². The highest BCUT2D eigenvalue weighted by atomic mass is 79.9. The quantitative estimate of drug-likeness (QED) is 0.741. The lowest BCUT2D eigenvalue weighted by Gasteiger charge is -2.12. The maximum absolute atomic E-state index is 12.0. The van der Waals surface area contributed by atoms with E-state index in [1.165, 1.54) is 0 Å². The summed E-state index contributed by atoms with van der Waals surface area (Å²) in [6, 6.07) is 2.13. The van der Waals surface area contributed by atoms with Gasteiger partial charge in [-0.15, -0.1) is 12.4 Å². The number of nitrogens with one attached hydrogen (secondary N) is 2. The molecule has 0 atom stereocenters. The molecule has 1 heterocycles. The van der Waals surface area contributed by atoms with Gasteiger partial charge >= 0.3 is 0 Å². The van der Waals surface area contributed by atoms with Crippen molar-refractivity contribution in [3.8, 4) is 0 Å². The van der Waals surface area contributed by atoms with Gasteiger partial charge in [-0.3, -0.25) is 4.79 Å². The predicted octanol–water partition coefficient (Wildman–Crippen LogP) is 2.98. The number of amides is 1. The molecule has 2 N–H and O–H groups in total. The number of carbonyl (C=O) groups excluding carboxylic acids is 1. The van der Waals surface area contributed by atoms with Crippen molar-refractivity contribution in [2.75, 3.05) is 19.6 Å². The Balaban J connectivity index is 0.00000324. The first-order chi connectivity index (χ1) is 8.56. The van der Waals surface area contributed by atoms with E-state index < -0.39 is 0 Å². The normalized spacial score (nSPS) is 10.4. The van der Waals surface area contributed by atoms with Crippen LogP contribution in [-0.2, 0) is 0 Å². The van der Waals surface area contributed by atoms with Crippen LogP contribution in [0, 0.1) is 0 Å². The average molecular weight is 353 g/mol. The molecule has 0 unspecified atom stereocenters. The fraction of sp³-hybridized carbons (Fsp3) is 0.615. The van der Waals surface area contributed by atoms with Gasteiger partial charge in [0.25, 0.3) is 5.91 Å². The minimum Gasteiger partial charge on any atom is -0.349 e. The number of halogens is 2. The summed E-state index contributed by atoms with van der Waals surface area (Å²) in [5, 5.41) is 6.18. The van der Waals surface area contributed by atoms with E-state index in [-0.39, 0.29) is 24.4 Å². The molecule has 0 aliphatic carbocycles. The summed E-state index contributed by atoms with van der Waals surface area (Å²) in [5.41, 5.74) is 0.701. The highest BCUT2D eigenvalue weighted by Gasteiger charge is 2.14. The topological polar surface area (TPSA) is 46.1 Å². The van der Waals surface area contributed by atoms with Gasteiger partial charge in [-0.2, -0.15) is 0 Å². The number of nitrogens with zero attached hydrogens (tertiary/aromatic N) is 1. The molecule has 0 fully saturated rings. The molecule has 6 heteroatoms. The number of hydrogen-bond donors (Lipinski definition) is 2. The first-order valence-electron chi connectivity index (χ1n) is 6.42. The lowest BCUT2D eigenvalue weighted by Crippen LogP contribution is -2.33. The van der Waals surface area contributed by atoms with Gasteiger partial charge in [-0.25, -0.2) is 0 Å². The second-order valence-electron chi connectivity index (χ2n) is 4.55. The second-order valence-corrected chi connectivity index (χ2v) is 5.47. The Morgan fingerprint density at radius 1 is 1.37 bits per heavy atom. The summed E-state index contributed by atoms with van der Waals surface area (Å²) in [6.07, 6.45) is 3.05. The molecule has 0 bridgehead atoms. The third-order valence-corrected chi connectivity index (χ3v) is 3.05. The molecule has 4 nitrogen and oxygen atoms in total. The van der Waals surface area contributed by atoms with Crippen molar-refractivity contribution in [3.05, 3.63) is 22.4 Å². The predicted molar refractivity (Wildman–Crippen MR) is 85.3 cm³/mol. The number of carbonyl (C=O) groups is 1. The fourth-order valence-electron chi connectivity index (χ4n) is 1.71. The van der Waals surface area contributed by atoms with E-state index in [9.17, 15) is 4.79 Å². The molecule has 110 valence electrons. The van der Waals surface area contributed by atoms with Crippen molar-refractivity contribution in [2.24, 2.45) is 0 Å². The van der Waals surface area contributed by atoms with Gasteiger partial charge in [-0.1, -0.05) is 6.92 Å². The molecule has 0 saturated heterocycles. The van der Waals surface area contributed by atoms with Crippen LogP contribution in [-0.4, -0.2) is 30.1 Å². The molecule has 0 saturated carbocycles. The Labute approximate surface area is 129 Å². The first kappa shape index (κ1) is 18.5. The monoisotopic (exact) mass is 351 g/mol. The maximum atomic E-state index is 12.0. The summed E-state index contributed by atoms with van der Waals surface area (Å²) in [7, 11) is 0. The highest BCUT2D eigenvalue weighted by molar-refractivity contribution is 9.10. The van der Waals surface area contributed by atoms with Gasteiger partial charge in [-0.05, 0) is 48.8 Å². The van der Waals surface area contributed by atoms with Crippen molar-refractivity contribution in [2.45, 2.75) is 33.2 Å². The number of aromatic nitrogens is 1. The maximum Gasteiger partial charge on any atom is 0.268 e. The summed E-state index contributed by atoms with van der Waals surface area (Å²) < 4.78 is 2.91. The van der Waals surface area contributed by atoms with Crippen LogP contribution < -0.4 is 10.6 Å². The third-order valence-electron chi connectivity index (χ3n) is 2.62. The number of hydrogen-bond acceptors (Lipinski definition) is 2. The minimum atomic E-state index is -0.0206. The van der Waals surface area contributed by atoms with Crippen LogP contribution in [0.2, 0.25) is 0 Å². The van der Waals surface area contributed by atoms with E-state index in [1.54, 1.807) is 0 Å². The summed E-state index contributed by atoms with van der Waals surface area (Å²) in [5.74, 6) is -0.0206. The summed E-state index contributed by atoms with van der Waals surface area (Å²) >= 11 is 3.41. The summed E-state index contributed by atoms with van der Waals surface area (Å²) in [4.78, 5) is 12.0. The molecule has 1 aromatic heterocycles. The average Bonchev–Trinajstić information content (AvgIpc) is 2.71. The fourth-order valence-corrected chi connectivity index (χ4v) is 2.15. The molecule has 0 radical (unpaired) electrons. The molecule has 0 aliphatic heterocycles. The SMILES string of the molecule is CCCNCCNC(=O)c1cc(Br)cn1C(C)C.Cl. The smallest absolute Gasteiger partial charge is 0.268 e. The zero-order valence-electron chi connectivity index (χ0n) is 11.7. The van der Waals surface area contributed by atoms with Gasteiger partial charge < -0.3 is 15.2 Å². The third kappa shape index (κ3) is 5.97. The molecule has 19 heavy (non-hydrogen) atoms. The van der Waals surface area contributed by atoms with E-state index in [0.29, 0.717) is 12.2 Å². The van der Waals surface area contributed by atoms with Crippen LogP contribution >= 0.6 is 28.3 Å². The zero-order chi connectivity index (χ0) is 13.5. The van der Waals surface area contributed by atoms with E-state index in [4.69, 9.17) is 0 Å². The minimum absolute atomic E-state index is 0. The summed E-state index contributed by atoms with van der Waals surface area (Å²) in [6.45, 7) is 8.70. The lowest BCUT2D eigenvalue weighted by atomic mass is 10.3. The van der Waals surface area contributed by atoms with E-state index in [0.717, 1.165) is 24.0 Å². The molecule has 1 aromatic rings. The van der Waals surface area contributed by atoms with Crippen LogP contribution in [0.3, 0.4) is 0 Å². The van der Waals surface area contributed by atoms with Gasteiger partial charge in [0.2, 0.25) is 0 Å². The largest absolute Gasteiger partial charge is 0.349 e. The Hall–Kier alpha value is -0.520. The molecule has 0 spiro atoms. The van der Waals surface area contributed by atoms with Crippen molar-refractivity contribution >= 4 is 34.2 Å². The molecule has 1 rings (SSSR count). The van der Waals surface area contributed by atoms with Crippen molar-refractivity contribution in [1.29, 1.82) is 0 Å². The van der Waals surface area contributed by atoms with Crippen LogP contribution in [0.25, 0.3) is 0 Å². The highest BCUT2D eigenvalue weighted by Crippen LogP contribution is 2.19. The molecule has 1 amide bonds. The first-order valence-corrected chi connectivity index (χ1v) is 7.21. The van der Waals surface area contributed by atoms with Gasteiger partial charge in [0, 0.05) is 29.8 Å². The lowest BCUT2D eigenvalue weighted by molar-refractivity contribution is 0.0943. The Morgan fingerprint density at radius 2 is 2.05 bits per heavy atom. The Bertz CT molecular complexity index is 393. The Morgan fingerprint density at radius 3 is 2.63 bits per heavy atom. The Kier molecular flexibility index (Phi) is 9.14. The molecule has 0 aromatic carbocycles. The standard InChI is InChI=1S/C13H22BrN3O.ClH/c1-4-5-15-6-7-16-13(18)12-8-11(14)9-17(12)10(2)3;/h8-10,15H,4-7H2,1-3H3,(H,16,18);1H. The van der Waals surface area contributed by atoms with Gasteiger partial charge in [0.1, 0.15) is 5.69 Å². The molecular weight excluding hydrogens is 330 g/mol. The van der Waals surface area contributed by atoms with Crippen molar-refractivity contribution < 1.29 is 4.79 Å². The second kappa shape index (κ2) is 9.39. The van der Waals surface area contributed by atoms with E-state index in [2.05, 4.69) is 47.3 Å². The number of rotatable bonds is 7.